The van der Waals surface area contributed by atoms with Gasteiger partial charge < -0.3 is 4.74 Å². The summed E-state index contributed by atoms with van der Waals surface area (Å²) in [5.41, 5.74) is 2.00. The van der Waals surface area contributed by atoms with Crippen molar-refractivity contribution in [3.8, 4) is 0 Å². The van der Waals surface area contributed by atoms with Crippen LogP contribution in [0.3, 0.4) is 0 Å². The second-order valence-corrected chi connectivity index (χ2v) is 5.73. The van der Waals surface area contributed by atoms with Gasteiger partial charge in [-0.05, 0) is 20.3 Å². The Morgan fingerprint density at radius 1 is 1.41 bits per heavy atom. The van der Waals surface area contributed by atoms with Gasteiger partial charge in [0.2, 0.25) is 0 Å². The van der Waals surface area contributed by atoms with Crippen LogP contribution >= 0.6 is 11.8 Å². The van der Waals surface area contributed by atoms with E-state index in [1.165, 1.54) is 5.56 Å². The molecule has 0 N–H and O–H groups in total. The lowest BCUT2D eigenvalue weighted by molar-refractivity contribution is 0.102. The van der Waals surface area contributed by atoms with Gasteiger partial charge in [0, 0.05) is 17.4 Å². The standard InChI is InChI=1S/C14H18O2S/c1-10-3-5-12(6-4-10)13(15)9-17-14-7-8-16-11(14)2/h3-6,11,14H,7-9H2,1-2H3. The van der Waals surface area contributed by atoms with Gasteiger partial charge in [0.05, 0.1) is 11.9 Å². The molecule has 92 valence electrons. The van der Waals surface area contributed by atoms with E-state index in [1.807, 2.05) is 31.2 Å². The van der Waals surface area contributed by atoms with Gasteiger partial charge in [-0.2, -0.15) is 0 Å². The van der Waals surface area contributed by atoms with E-state index < -0.39 is 0 Å². The molecule has 1 heterocycles. The Bertz CT molecular complexity index is 386. The number of carbonyl (C=O) groups excluding carboxylic acids is 1. The van der Waals surface area contributed by atoms with Crippen molar-refractivity contribution in [2.45, 2.75) is 31.6 Å². The van der Waals surface area contributed by atoms with Crippen LogP contribution in [0.25, 0.3) is 0 Å². The average Bonchev–Trinajstić information content (AvgIpc) is 2.73. The van der Waals surface area contributed by atoms with Crippen molar-refractivity contribution in [2.75, 3.05) is 12.4 Å². The third-order valence-corrected chi connectivity index (χ3v) is 4.58. The molecular formula is C14H18O2S. The van der Waals surface area contributed by atoms with Crippen molar-refractivity contribution in [3.63, 3.8) is 0 Å². The number of ether oxygens (including phenoxy) is 1. The normalized spacial score (nSPS) is 23.9. The highest BCUT2D eigenvalue weighted by Crippen LogP contribution is 2.26. The quantitative estimate of drug-likeness (QED) is 0.768. The maximum absolute atomic E-state index is 12.0. The first-order valence-electron chi connectivity index (χ1n) is 6.00. The van der Waals surface area contributed by atoms with Crippen LogP contribution in [-0.4, -0.2) is 29.5 Å². The van der Waals surface area contributed by atoms with E-state index in [4.69, 9.17) is 4.74 Å². The van der Waals surface area contributed by atoms with E-state index in [2.05, 4.69) is 6.92 Å². The molecule has 2 nitrogen and oxygen atoms in total. The van der Waals surface area contributed by atoms with Gasteiger partial charge >= 0.3 is 0 Å². The Morgan fingerprint density at radius 2 is 2.12 bits per heavy atom. The highest BCUT2D eigenvalue weighted by Gasteiger charge is 2.25. The largest absolute Gasteiger partial charge is 0.377 e. The van der Waals surface area contributed by atoms with Gasteiger partial charge in [0.15, 0.2) is 5.78 Å². The van der Waals surface area contributed by atoms with Crippen LogP contribution in [0.4, 0.5) is 0 Å². The molecule has 0 amide bonds. The third-order valence-electron chi connectivity index (χ3n) is 3.11. The summed E-state index contributed by atoms with van der Waals surface area (Å²) in [4.78, 5) is 12.0. The van der Waals surface area contributed by atoms with Crippen LogP contribution in [0.15, 0.2) is 24.3 Å². The predicted molar refractivity (Wildman–Crippen MR) is 71.8 cm³/mol. The minimum Gasteiger partial charge on any atom is -0.377 e. The lowest BCUT2D eigenvalue weighted by atomic mass is 10.1. The van der Waals surface area contributed by atoms with E-state index in [1.54, 1.807) is 11.8 Å². The Hall–Kier alpha value is -0.800. The van der Waals surface area contributed by atoms with Crippen LogP contribution in [0.5, 0.6) is 0 Å². The van der Waals surface area contributed by atoms with E-state index in [0.29, 0.717) is 11.0 Å². The lowest BCUT2D eigenvalue weighted by Gasteiger charge is -2.12. The first-order chi connectivity index (χ1) is 8.16. The Morgan fingerprint density at radius 3 is 2.71 bits per heavy atom. The fraction of sp³-hybridized carbons (Fsp3) is 0.500. The Kier molecular flexibility index (Phi) is 4.24. The molecule has 1 aliphatic rings. The number of benzene rings is 1. The lowest BCUT2D eigenvalue weighted by Crippen LogP contribution is -2.16. The minimum absolute atomic E-state index is 0.217. The van der Waals surface area contributed by atoms with Crippen LogP contribution in [0.2, 0.25) is 0 Å². The van der Waals surface area contributed by atoms with Crippen molar-refractivity contribution >= 4 is 17.5 Å². The molecule has 2 unspecified atom stereocenters. The molecule has 1 aromatic carbocycles. The highest BCUT2D eigenvalue weighted by molar-refractivity contribution is 8.00. The van der Waals surface area contributed by atoms with Crippen LogP contribution in [0, 0.1) is 6.92 Å². The summed E-state index contributed by atoms with van der Waals surface area (Å²) in [6, 6.07) is 7.79. The highest BCUT2D eigenvalue weighted by atomic mass is 32.2. The van der Waals surface area contributed by atoms with Gasteiger partial charge in [-0.1, -0.05) is 29.8 Å². The van der Waals surface area contributed by atoms with Crippen LogP contribution < -0.4 is 0 Å². The Labute approximate surface area is 107 Å². The molecule has 0 bridgehead atoms. The molecule has 2 atom stereocenters. The number of ketones is 1. The zero-order chi connectivity index (χ0) is 12.3. The van der Waals surface area contributed by atoms with Gasteiger partial charge in [0.25, 0.3) is 0 Å². The van der Waals surface area contributed by atoms with Crippen molar-refractivity contribution in [1.82, 2.24) is 0 Å². The Balaban J connectivity index is 1.87. The smallest absolute Gasteiger partial charge is 0.172 e. The van der Waals surface area contributed by atoms with E-state index in [0.717, 1.165) is 18.6 Å². The minimum atomic E-state index is 0.217. The van der Waals surface area contributed by atoms with E-state index in [-0.39, 0.29) is 11.9 Å². The van der Waals surface area contributed by atoms with Gasteiger partial charge in [0.1, 0.15) is 0 Å². The maximum atomic E-state index is 12.0. The zero-order valence-electron chi connectivity index (χ0n) is 10.3. The number of rotatable bonds is 4. The molecule has 1 aromatic rings. The summed E-state index contributed by atoms with van der Waals surface area (Å²) in [6.07, 6.45) is 1.35. The maximum Gasteiger partial charge on any atom is 0.172 e. The molecular weight excluding hydrogens is 232 g/mol. The SMILES string of the molecule is Cc1ccc(C(=O)CSC2CCOC2C)cc1. The summed E-state index contributed by atoms with van der Waals surface area (Å²) < 4.78 is 5.49. The van der Waals surface area contributed by atoms with Crippen molar-refractivity contribution in [3.05, 3.63) is 35.4 Å². The molecule has 0 aromatic heterocycles. The molecule has 0 radical (unpaired) electrons. The summed E-state index contributed by atoms with van der Waals surface area (Å²) in [5, 5.41) is 0.476. The fourth-order valence-electron chi connectivity index (χ4n) is 1.94. The van der Waals surface area contributed by atoms with Crippen molar-refractivity contribution < 1.29 is 9.53 Å². The molecule has 3 heteroatoms. The predicted octanol–water partition coefficient (Wildman–Crippen LogP) is 3.09. The molecule has 0 spiro atoms. The van der Waals surface area contributed by atoms with E-state index in [9.17, 15) is 4.79 Å². The number of thioether (sulfide) groups is 1. The van der Waals surface area contributed by atoms with Crippen molar-refractivity contribution in [1.29, 1.82) is 0 Å². The van der Waals surface area contributed by atoms with Crippen LogP contribution in [0.1, 0.15) is 29.3 Å². The number of hydrogen-bond donors (Lipinski definition) is 0. The molecule has 1 saturated heterocycles. The van der Waals surface area contributed by atoms with Gasteiger partial charge in [-0.25, -0.2) is 0 Å². The molecule has 0 saturated carbocycles. The molecule has 1 aliphatic heterocycles. The van der Waals surface area contributed by atoms with Crippen LogP contribution in [-0.2, 0) is 4.74 Å². The molecule has 1 fully saturated rings. The second kappa shape index (κ2) is 5.69. The number of Topliss-reactive ketones (excluding diaryl/α,β-unsaturated/α-hetero) is 1. The first kappa shape index (κ1) is 12.7. The fourth-order valence-corrected chi connectivity index (χ4v) is 3.08. The topological polar surface area (TPSA) is 26.3 Å². The third kappa shape index (κ3) is 3.33. The molecule has 2 rings (SSSR count). The average molecular weight is 250 g/mol. The monoisotopic (exact) mass is 250 g/mol. The summed E-state index contributed by atoms with van der Waals surface area (Å²) >= 11 is 1.72. The summed E-state index contributed by atoms with van der Waals surface area (Å²) in [6.45, 7) is 4.94. The first-order valence-corrected chi connectivity index (χ1v) is 7.05. The summed E-state index contributed by atoms with van der Waals surface area (Å²) in [5.74, 6) is 0.774. The molecule has 0 aliphatic carbocycles. The zero-order valence-corrected chi connectivity index (χ0v) is 11.1. The molecule has 17 heavy (non-hydrogen) atoms. The van der Waals surface area contributed by atoms with Crippen molar-refractivity contribution in [2.24, 2.45) is 0 Å². The second-order valence-electron chi connectivity index (χ2n) is 4.50. The number of hydrogen-bond acceptors (Lipinski definition) is 3. The van der Waals surface area contributed by atoms with Gasteiger partial charge in [-0.15, -0.1) is 11.8 Å². The number of carbonyl (C=O) groups is 1. The van der Waals surface area contributed by atoms with Gasteiger partial charge in [-0.3, -0.25) is 4.79 Å². The van der Waals surface area contributed by atoms with E-state index >= 15 is 0 Å². The number of aryl methyl sites for hydroxylation is 1. The summed E-state index contributed by atoms with van der Waals surface area (Å²) in [7, 11) is 0.